The molecule has 1 amide bonds. The highest BCUT2D eigenvalue weighted by Gasteiger charge is 2.27. The minimum atomic E-state index is 0.127. The standard InChI is InChI=1S/C18H21N5O/c1-13-8-9-19-23(13)12-17(24)22-10-4-5-14(11-22)18-20-15-6-2-3-7-16(15)21-18/h2-3,6-9,14H,4-5,10-12H2,1H3,(H,20,21). The number of hydrogen-bond acceptors (Lipinski definition) is 3. The SMILES string of the molecule is Cc1ccnn1CC(=O)N1CCCC(c2nc3ccccc3[nH]2)C1. The quantitative estimate of drug-likeness (QED) is 0.805. The number of hydrogen-bond donors (Lipinski definition) is 1. The van der Waals surface area contributed by atoms with Gasteiger partial charge in [0, 0.05) is 30.9 Å². The molecule has 1 fully saturated rings. The minimum absolute atomic E-state index is 0.127. The second-order valence-electron chi connectivity index (χ2n) is 6.45. The fourth-order valence-corrected chi connectivity index (χ4v) is 3.39. The van der Waals surface area contributed by atoms with E-state index in [4.69, 9.17) is 4.98 Å². The van der Waals surface area contributed by atoms with Crippen LogP contribution in [0.15, 0.2) is 36.5 Å². The molecule has 2 aromatic heterocycles. The lowest BCUT2D eigenvalue weighted by Gasteiger charge is -2.32. The molecule has 0 radical (unpaired) electrons. The first kappa shape index (κ1) is 14.9. The van der Waals surface area contributed by atoms with E-state index in [-0.39, 0.29) is 11.8 Å². The average molecular weight is 323 g/mol. The number of benzene rings is 1. The summed E-state index contributed by atoms with van der Waals surface area (Å²) in [4.78, 5) is 22.7. The number of nitrogens with one attached hydrogen (secondary N) is 1. The Bertz CT molecular complexity index is 832. The summed E-state index contributed by atoms with van der Waals surface area (Å²) in [6.07, 6.45) is 3.80. The third-order valence-corrected chi connectivity index (χ3v) is 4.78. The zero-order valence-electron chi connectivity index (χ0n) is 13.8. The van der Waals surface area contributed by atoms with Crippen LogP contribution in [0.5, 0.6) is 0 Å². The second-order valence-corrected chi connectivity index (χ2v) is 6.45. The van der Waals surface area contributed by atoms with Gasteiger partial charge in [0.2, 0.25) is 5.91 Å². The molecule has 6 heteroatoms. The smallest absolute Gasteiger partial charge is 0.244 e. The van der Waals surface area contributed by atoms with E-state index in [2.05, 4.69) is 10.1 Å². The van der Waals surface area contributed by atoms with Crippen molar-refractivity contribution in [3.05, 3.63) is 48.0 Å². The van der Waals surface area contributed by atoms with E-state index >= 15 is 0 Å². The lowest BCUT2D eigenvalue weighted by atomic mass is 9.97. The van der Waals surface area contributed by atoms with Gasteiger partial charge in [-0.2, -0.15) is 5.10 Å². The Morgan fingerprint density at radius 2 is 2.21 bits per heavy atom. The molecule has 1 aliphatic rings. The van der Waals surface area contributed by atoms with Gasteiger partial charge >= 0.3 is 0 Å². The van der Waals surface area contributed by atoms with Crippen LogP contribution in [0.3, 0.4) is 0 Å². The number of carbonyl (C=O) groups excluding carboxylic acids is 1. The summed E-state index contributed by atoms with van der Waals surface area (Å²) in [7, 11) is 0. The first-order valence-corrected chi connectivity index (χ1v) is 8.41. The van der Waals surface area contributed by atoms with E-state index in [1.165, 1.54) is 0 Å². The number of piperidine rings is 1. The third kappa shape index (κ3) is 2.79. The molecule has 1 aromatic carbocycles. The molecule has 24 heavy (non-hydrogen) atoms. The summed E-state index contributed by atoms with van der Waals surface area (Å²) in [6, 6.07) is 9.98. The molecule has 4 rings (SSSR count). The van der Waals surface area contributed by atoms with Crippen LogP contribution in [0, 0.1) is 6.92 Å². The van der Waals surface area contributed by atoms with Gasteiger partial charge < -0.3 is 9.88 Å². The fourth-order valence-electron chi connectivity index (χ4n) is 3.39. The predicted octanol–water partition coefficient (Wildman–Crippen LogP) is 2.47. The maximum atomic E-state index is 12.6. The Kier molecular flexibility index (Phi) is 3.80. The zero-order chi connectivity index (χ0) is 16.5. The zero-order valence-corrected chi connectivity index (χ0v) is 13.8. The first-order valence-electron chi connectivity index (χ1n) is 8.41. The number of carbonyl (C=O) groups is 1. The van der Waals surface area contributed by atoms with Crippen LogP contribution in [0.4, 0.5) is 0 Å². The molecule has 124 valence electrons. The van der Waals surface area contributed by atoms with Crippen LogP contribution >= 0.6 is 0 Å². The molecule has 0 bridgehead atoms. The molecule has 1 unspecified atom stereocenters. The molecule has 0 saturated carbocycles. The number of imidazole rings is 1. The van der Waals surface area contributed by atoms with Crippen LogP contribution in [-0.2, 0) is 11.3 Å². The van der Waals surface area contributed by atoms with E-state index in [1.54, 1.807) is 10.9 Å². The normalized spacial score (nSPS) is 18.2. The molecule has 0 aliphatic carbocycles. The van der Waals surface area contributed by atoms with Crippen molar-refractivity contribution in [1.29, 1.82) is 0 Å². The van der Waals surface area contributed by atoms with Gasteiger partial charge in [0.25, 0.3) is 0 Å². The van der Waals surface area contributed by atoms with Crippen molar-refractivity contribution < 1.29 is 4.79 Å². The molecule has 1 aliphatic heterocycles. The topological polar surface area (TPSA) is 66.8 Å². The third-order valence-electron chi connectivity index (χ3n) is 4.78. The molecule has 6 nitrogen and oxygen atoms in total. The van der Waals surface area contributed by atoms with Gasteiger partial charge in [0.05, 0.1) is 11.0 Å². The van der Waals surface area contributed by atoms with Crippen LogP contribution in [-0.4, -0.2) is 43.6 Å². The van der Waals surface area contributed by atoms with Crippen molar-refractivity contribution in [2.24, 2.45) is 0 Å². The summed E-state index contributed by atoms with van der Waals surface area (Å²) in [5.74, 6) is 1.39. The maximum absolute atomic E-state index is 12.6. The predicted molar refractivity (Wildman–Crippen MR) is 91.6 cm³/mol. The van der Waals surface area contributed by atoms with Gasteiger partial charge in [-0.25, -0.2) is 4.98 Å². The fraction of sp³-hybridized carbons (Fsp3) is 0.389. The lowest BCUT2D eigenvalue weighted by Crippen LogP contribution is -2.41. The molecule has 1 atom stereocenters. The number of para-hydroxylation sites is 2. The van der Waals surface area contributed by atoms with Crippen LogP contribution in [0.2, 0.25) is 0 Å². The lowest BCUT2D eigenvalue weighted by molar-refractivity contribution is -0.133. The first-order chi connectivity index (χ1) is 11.7. The number of fused-ring (bicyclic) bond motifs is 1. The largest absolute Gasteiger partial charge is 0.342 e. The summed E-state index contributed by atoms with van der Waals surface area (Å²) in [5.41, 5.74) is 3.06. The van der Waals surface area contributed by atoms with Crippen molar-refractivity contribution in [1.82, 2.24) is 24.6 Å². The molecule has 3 aromatic rings. The van der Waals surface area contributed by atoms with Crippen LogP contribution in [0.25, 0.3) is 11.0 Å². The molecule has 3 heterocycles. The van der Waals surface area contributed by atoms with Gasteiger partial charge in [-0.3, -0.25) is 9.48 Å². The molecular formula is C18H21N5O. The number of H-pyrrole nitrogens is 1. The highest BCUT2D eigenvalue weighted by Crippen LogP contribution is 2.26. The summed E-state index contributed by atoms with van der Waals surface area (Å²) in [5, 5.41) is 4.21. The van der Waals surface area contributed by atoms with Crippen LogP contribution < -0.4 is 0 Å². The van der Waals surface area contributed by atoms with E-state index in [1.807, 2.05) is 42.2 Å². The number of aryl methyl sites for hydroxylation is 1. The Hall–Kier alpha value is -2.63. The van der Waals surface area contributed by atoms with Gasteiger partial charge in [0.1, 0.15) is 12.4 Å². The summed E-state index contributed by atoms with van der Waals surface area (Å²) in [6.45, 7) is 3.81. The van der Waals surface area contributed by atoms with E-state index in [9.17, 15) is 4.79 Å². The van der Waals surface area contributed by atoms with E-state index in [0.717, 1.165) is 48.5 Å². The highest BCUT2D eigenvalue weighted by atomic mass is 16.2. The number of rotatable bonds is 3. The van der Waals surface area contributed by atoms with Crippen molar-refractivity contribution in [2.75, 3.05) is 13.1 Å². The summed E-state index contributed by atoms with van der Waals surface area (Å²) >= 11 is 0. The Labute approximate surface area is 140 Å². The molecule has 1 N–H and O–H groups in total. The monoisotopic (exact) mass is 323 g/mol. The van der Waals surface area contributed by atoms with E-state index < -0.39 is 0 Å². The highest BCUT2D eigenvalue weighted by molar-refractivity contribution is 5.76. The Morgan fingerprint density at radius 3 is 3.00 bits per heavy atom. The number of aromatic amines is 1. The van der Waals surface area contributed by atoms with Crippen molar-refractivity contribution in [2.45, 2.75) is 32.2 Å². The average Bonchev–Trinajstić information content (AvgIpc) is 3.21. The maximum Gasteiger partial charge on any atom is 0.244 e. The van der Waals surface area contributed by atoms with Gasteiger partial charge in [-0.1, -0.05) is 12.1 Å². The Morgan fingerprint density at radius 1 is 1.33 bits per heavy atom. The molecule has 1 saturated heterocycles. The van der Waals surface area contributed by atoms with Crippen molar-refractivity contribution in [3.8, 4) is 0 Å². The van der Waals surface area contributed by atoms with Crippen molar-refractivity contribution in [3.63, 3.8) is 0 Å². The van der Waals surface area contributed by atoms with E-state index in [0.29, 0.717) is 6.54 Å². The number of amides is 1. The number of aromatic nitrogens is 4. The number of likely N-dealkylation sites (tertiary alicyclic amines) is 1. The molecule has 0 spiro atoms. The molecular weight excluding hydrogens is 302 g/mol. The second kappa shape index (κ2) is 6.11. The summed E-state index contributed by atoms with van der Waals surface area (Å²) < 4.78 is 1.76. The van der Waals surface area contributed by atoms with Crippen LogP contribution in [0.1, 0.15) is 30.3 Å². The Balaban J connectivity index is 1.49. The van der Waals surface area contributed by atoms with Gasteiger partial charge in [0.15, 0.2) is 0 Å². The number of nitrogens with zero attached hydrogens (tertiary/aromatic N) is 4. The van der Waals surface area contributed by atoms with Crippen molar-refractivity contribution >= 4 is 16.9 Å². The minimum Gasteiger partial charge on any atom is -0.342 e. The van der Waals surface area contributed by atoms with Gasteiger partial charge in [-0.15, -0.1) is 0 Å². The van der Waals surface area contributed by atoms with Gasteiger partial charge in [-0.05, 0) is 38.0 Å².